The van der Waals surface area contributed by atoms with Crippen LogP contribution in [0.4, 0.5) is 0 Å². The number of benzene rings is 1. The van der Waals surface area contributed by atoms with Crippen molar-refractivity contribution in [3.8, 4) is 0 Å². The lowest BCUT2D eigenvalue weighted by Crippen LogP contribution is -2.13. The highest BCUT2D eigenvalue weighted by atomic mass is 16.3. The van der Waals surface area contributed by atoms with Gasteiger partial charge in [-0.3, -0.25) is 0 Å². The average Bonchev–Trinajstić information content (AvgIpc) is 2.20. The summed E-state index contributed by atoms with van der Waals surface area (Å²) in [6, 6.07) is 9.78. The number of aliphatic hydroxyl groups is 1. The summed E-state index contributed by atoms with van der Waals surface area (Å²) in [5, 5.41) is 9.58. The van der Waals surface area contributed by atoms with Crippen LogP contribution in [0, 0.1) is 0 Å². The van der Waals surface area contributed by atoms with Gasteiger partial charge in [0.2, 0.25) is 0 Å². The molecule has 1 rings (SSSR count). The van der Waals surface area contributed by atoms with E-state index < -0.39 is 6.10 Å². The van der Waals surface area contributed by atoms with Gasteiger partial charge in [-0.05, 0) is 5.56 Å². The summed E-state index contributed by atoms with van der Waals surface area (Å²) >= 11 is 0. The molecule has 1 heteroatoms. The summed E-state index contributed by atoms with van der Waals surface area (Å²) in [6.45, 7) is 7.26. The first-order valence-corrected chi connectivity index (χ1v) is 4.27. The maximum absolute atomic E-state index is 9.58. The fourth-order valence-electron chi connectivity index (χ4n) is 1.29. The van der Waals surface area contributed by atoms with Gasteiger partial charge in [-0.15, -0.1) is 13.2 Å². The van der Waals surface area contributed by atoms with E-state index in [0.29, 0.717) is 0 Å². The van der Waals surface area contributed by atoms with Crippen molar-refractivity contribution in [3.63, 3.8) is 0 Å². The van der Waals surface area contributed by atoms with Gasteiger partial charge in [0.15, 0.2) is 0 Å². The Hall–Kier alpha value is -1.34. The minimum absolute atomic E-state index is 0.0568. The van der Waals surface area contributed by atoms with Crippen molar-refractivity contribution in [2.24, 2.45) is 0 Å². The molecule has 0 aromatic heterocycles. The van der Waals surface area contributed by atoms with E-state index in [1.807, 2.05) is 30.3 Å². The van der Waals surface area contributed by atoms with E-state index in [-0.39, 0.29) is 5.92 Å². The van der Waals surface area contributed by atoms with Crippen molar-refractivity contribution in [2.45, 2.75) is 12.0 Å². The smallest absolute Gasteiger partial charge is 0.0821 e. The zero-order valence-corrected chi connectivity index (χ0v) is 7.56. The highest BCUT2D eigenvalue weighted by Crippen LogP contribution is 2.20. The molecule has 0 aliphatic rings. The van der Waals surface area contributed by atoms with Crippen molar-refractivity contribution in [2.75, 3.05) is 0 Å². The fraction of sp³-hybridized carbons (Fsp3) is 0.167. The first kappa shape index (κ1) is 9.75. The molecule has 0 radical (unpaired) electrons. The van der Waals surface area contributed by atoms with Crippen LogP contribution in [-0.2, 0) is 0 Å². The van der Waals surface area contributed by atoms with E-state index in [4.69, 9.17) is 0 Å². The van der Waals surface area contributed by atoms with Crippen LogP contribution in [0.15, 0.2) is 55.6 Å². The van der Waals surface area contributed by atoms with E-state index >= 15 is 0 Å². The van der Waals surface area contributed by atoms with E-state index in [1.54, 1.807) is 6.08 Å². The lowest BCUT2D eigenvalue weighted by molar-refractivity contribution is 0.208. The third-order valence-corrected chi connectivity index (χ3v) is 2.05. The molecule has 0 fully saturated rings. The largest absolute Gasteiger partial charge is 0.388 e. The number of rotatable bonds is 4. The molecule has 0 bridgehead atoms. The van der Waals surface area contributed by atoms with Gasteiger partial charge in [-0.2, -0.15) is 0 Å². The van der Waals surface area contributed by atoms with Gasteiger partial charge in [0.1, 0.15) is 0 Å². The zero-order chi connectivity index (χ0) is 9.68. The Labute approximate surface area is 79.0 Å². The Balaban J connectivity index is 2.90. The molecule has 0 aliphatic heterocycles. The monoisotopic (exact) mass is 174 g/mol. The second-order valence-corrected chi connectivity index (χ2v) is 2.90. The molecule has 0 saturated heterocycles. The van der Waals surface area contributed by atoms with E-state index in [9.17, 15) is 5.11 Å². The Kier molecular flexibility index (Phi) is 3.47. The Morgan fingerprint density at radius 1 is 1.08 bits per heavy atom. The molecule has 0 heterocycles. The molecule has 1 N–H and O–H groups in total. The quantitative estimate of drug-likeness (QED) is 0.695. The Morgan fingerprint density at radius 3 is 2.15 bits per heavy atom. The van der Waals surface area contributed by atoms with E-state index in [0.717, 1.165) is 5.56 Å². The van der Waals surface area contributed by atoms with Gasteiger partial charge >= 0.3 is 0 Å². The van der Waals surface area contributed by atoms with Gasteiger partial charge in [-0.1, -0.05) is 42.5 Å². The fourth-order valence-corrected chi connectivity index (χ4v) is 1.29. The molecule has 0 amide bonds. The predicted molar refractivity (Wildman–Crippen MR) is 55.6 cm³/mol. The van der Waals surface area contributed by atoms with Gasteiger partial charge in [-0.25, -0.2) is 0 Å². The summed E-state index contributed by atoms with van der Waals surface area (Å²) < 4.78 is 0. The highest BCUT2D eigenvalue weighted by Gasteiger charge is 2.13. The van der Waals surface area contributed by atoms with Gasteiger partial charge in [0, 0.05) is 5.92 Å². The van der Waals surface area contributed by atoms with Crippen molar-refractivity contribution < 1.29 is 5.11 Å². The summed E-state index contributed by atoms with van der Waals surface area (Å²) in [7, 11) is 0. The summed E-state index contributed by atoms with van der Waals surface area (Å²) in [5.41, 5.74) is 1.06. The molecule has 2 atom stereocenters. The third-order valence-electron chi connectivity index (χ3n) is 2.05. The van der Waals surface area contributed by atoms with Crippen LogP contribution in [0.3, 0.4) is 0 Å². The highest BCUT2D eigenvalue weighted by molar-refractivity contribution is 5.25. The molecule has 1 nitrogen and oxygen atoms in total. The van der Waals surface area contributed by atoms with Gasteiger partial charge in [0.25, 0.3) is 0 Å². The van der Waals surface area contributed by atoms with Gasteiger partial charge < -0.3 is 5.11 Å². The number of aliphatic hydroxyl groups excluding tert-OH is 1. The zero-order valence-electron chi connectivity index (χ0n) is 7.56. The first-order chi connectivity index (χ1) is 6.29. The van der Waals surface area contributed by atoms with Crippen molar-refractivity contribution in [1.82, 2.24) is 0 Å². The van der Waals surface area contributed by atoms with Crippen molar-refractivity contribution in [1.29, 1.82) is 0 Å². The van der Waals surface area contributed by atoms with Crippen molar-refractivity contribution >= 4 is 0 Å². The summed E-state index contributed by atoms with van der Waals surface area (Å²) in [6.07, 6.45) is 2.71. The SMILES string of the molecule is C=C[C@H](O)[C@@H](C=C)c1ccccc1. The maximum Gasteiger partial charge on any atom is 0.0821 e. The number of hydrogen-bond acceptors (Lipinski definition) is 1. The molecule has 1 aromatic carbocycles. The summed E-state index contributed by atoms with van der Waals surface area (Å²) in [4.78, 5) is 0. The standard InChI is InChI=1S/C12H14O/c1-3-11(12(13)4-2)10-8-6-5-7-9-10/h3-9,11-13H,1-2H2/t11-,12-/m0/s1. The molecule has 0 unspecified atom stereocenters. The topological polar surface area (TPSA) is 20.2 Å². The third kappa shape index (κ3) is 2.30. The normalized spacial score (nSPS) is 14.5. The molecular formula is C12H14O. The first-order valence-electron chi connectivity index (χ1n) is 4.27. The molecule has 1 aromatic rings. The molecule has 0 spiro atoms. The molecule has 0 saturated carbocycles. The molecule has 13 heavy (non-hydrogen) atoms. The lowest BCUT2D eigenvalue weighted by atomic mass is 9.94. The Bertz CT molecular complexity index is 276. The van der Waals surface area contributed by atoms with Crippen LogP contribution in [0.2, 0.25) is 0 Å². The maximum atomic E-state index is 9.58. The van der Waals surface area contributed by atoms with E-state index in [1.165, 1.54) is 6.08 Å². The molecular weight excluding hydrogens is 160 g/mol. The van der Waals surface area contributed by atoms with Crippen LogP contribution in [0.25, 0.3) is 0 Å². The second kappa shape index (κ2) is 4.63. The minimum Gasteiger partial charge on any atom is -0.388 e. The van der Waals surface area contributed by atoms with E-state index in [2.05, 4.69) is 13.2 Å². The molecule has 68 valence electrons. The van der Waals surface area contributed by atoms with Crippen LogP contribution < -0.4 is 0 Å². The molecule has 0 aliphatic carbocycles. The average molecular weight is 174 g/mol. The van der Waals surface area contributed by atoms with Crippen molar-refractivity contribution in [3.05, 3.63) is 61.2 Å². The predicted octanol–water partition coefficient (Wildman–Crippen LogP) is 2.50. The van der Waals surface area contributed by atoms with Crippen LogP contribution >= 0.6 is 0 Å². The second-order valence-electron chi connectivity index (χ2n) is 2.90. The van der Waals surface area contributed by atoms with Crippen LogP contribution in [-0.4, -0.2) is 11.2 Å². The summed E-state index contributed by atoms with van der Waals surface area (Å²) in [5.74, 6) is -0.0568. The van der Waals surface area contributed by atoms with Crippen LogP contribution in [0.5, 0.6) is 0 Å². The Morgan fingerprint density at radius 2 is 1.69 bits per heavy atom. The lowest BCUT2D eigenvalue weighted by Gasteiger charge is -2.16. The number of hydrogen-bond donors (Lipinski definition) is 1. The van der Waals surface area contributed by atoms with Crippen LogP contribution in [0.1, 0.15) is 11.5 Å². The minimum atomic E-state index is -0.556. The van der Waals surface area contributed by atoms with Gasteiger partial charge in [0.05, 0.1) is 6.10 Å².